The summed E-state index contributed by atoms with van der Waals surface area (Å²) in [5.41, 5.74) is 5.57. The number of nitrogens with one attached hydrogen (secondary N) is 1. The maximum absolute atomic E-state index is 13.8. The summed E-state index contributed by atoms with van der Waals surface area (Å²) in [4.78, 5) is 24.6. The van der Waals surface area contributed by atoms with Gasteiger partial charge in [-0.2, -0.15) is 5.26 Å². The first kappa shape index (κ1) is 45.7. The second kappa shape index (κ2) is 20.3. The fourth-order valence-electron chi connectivity index (χ4n) is 5.93. The summed E-state index contributed by atoms with van der Waals surface area (Å²) in [6, 6.07) is 25.3. The zero-order valence-electron chi connectivity index (χ0n) is 35.7. The van der Waals surface area contributed by atoms with Crippen LogP contribution in [0.4, 0.5) is 0 Å². The minimum Gasteiger partial charge on any atom is -0.488 e. The third-order valence-corrected chi connectivity index (χ3v) is 11.2. The van der Waals surface area contributed by atoms with E-state index in [1.165, 1.54) is 0 Å². The van der Waals surface area contributed by atoms with Crippen molar-refractivity contribution in [2.24, 2.45) is 10.8 Å². The van der Waals surface area contributed by atoms with Crippen molar-refractivity contribution in [3.63, 3.8) is 0 Å². The lowest BCUT2D eigenvalue weighted by Crippen LogP contribution is -2.26. The van der Waals surface area contributed by atoms with Gasteiger partial charge in [-0.25, -0.2) is 0 Å². The first-order valence-electron chi connectivity index (χ1n) is 19.8. The molecule has 1 aliphatic rings. The molecule has 320 valence electrons. The molecule has 0 radical (unpaired) electrons. The lowest BCUT2D eigenvalue weighted by molar-refractivity contribution is -0.162. The van der Waals surface area contributed by atoms with Crippen molar-refractivity contribution < 1.29 is 51.6 Å². The predicted octanol–water partition coefficient (Wildman–Crippen LogP) is 9.18. The number of hydrogen-bond donors (Lipinski definition) is 1. The van der Waals surface area contributed by atoms with Crippen molar-refractivity contribution in [2.75, 3.05) is 39.5 Å². The van der Waals surface area contributed by atoms with Crippen LogP contribution >= 0.6 is 7.60 Å². The third-order valence-electron chi connectivity index (χ3n) is 9.47. The second-order valence-electron chi connectivity index (χ2n) is 16.4. The minimum atomic E-state index is -3.93. The van der Waals surface area contributed by atoms with Gasteiger partial charge in [-0.15, -0.1) is 0 Å². The van der Waals surface area contributed by atoms with E-state index >= 15 is 0 Å². The summed E-state index contributed by atoms with van der Waals surface area (Å²) >= 11 is 0. The van der Waals surface area contributed by atoms with E-state index in [4.69, 9.17) is 37.5 Å². The average Bonchev–Trinajstić information content (AvgIpc) is 3.21. The predicted molar refractivity (Wildman–Crippen MR) is 226 cm³/mol. The number of nitriles is 1. The summed E-state index contributed by atoms with van der Waals surface area (Å²) in [7, 11) is -3.93. The summed E-state index contributed by atoms with van der Waals surface area (Å²) in [5, 5.41) is 12.7. The van der Waals surface area contributed by atoms with Gasteiger partial charge in [0, 0.05) is 24.7 Å². The molecule has 1 N–H and O–H groups in total. The molecule has 14 heteroatoms. The normalized spacial score (nSPS) is 12.7. The van der Waals surface area contributed by atoms with Gasteiger partial charge >= 0.3 is 19.5 Å². The molecule has 0 fully saturated rings. The van der Waals surface area contributed by atoms with Crippen LogP contribution in [0, 0.1) is 36.0 Å². The van der Waals surface area contributed by atoms with E-state index in [-0.39, 0.29) is 19.3 Å². The van der Waals surface area contributed by atoms with Crippen LogP contribution in [0.2, 0.25) is 0 Å². The molecule has 1 aliphatic heterocycles. The summed E-state index contributed by atoms with van der Waals surface area (Å²) < 4.78 is 59.5. The Morgan fingerprint density at radius 3 is 2.08 bits per heavy atom. The van der Waals surface area contributed by atoms with Gasteiger partial charge in [-0.05, 0) is 119 Å². The lowest BCUT2D eigenvalue weighted by atomic mass is 9.96. The molecule has 4 aromatic carbocycles. The van der Waals surface area contributed by atoms with Crippen LogP contribution in [0.25, 0.3) is 11.1 Å². The Balaban J connectivity index is 1.30. The van der Waals surface area contributed by atoms with Gasteiger partial charge in [0.25, 0.3) is 0 Å². The van der Waals surface area contributed by atoms with Crippen LogP contribution in [0.1, 0.15) is 74.9 Å². The molecule has 0 amide bonds. The van der Waals surface area contributed by atoms with Crippen LogP contribution < -0.4 is 24.3 Å². The van der Waals surface area contributed by atoms with Gasteiger partial charge in [0.1, 0.15) is 37.9 Å². The molecule has 0 atom stereocenters. The molecule has 13 nitrogen and oxygen atoms in total. The van der Waals surface area contributed by atoms with Gasteiger partial charge in [0.15, 0.2) is 11.5 Å². The highest BCUT2D eigenvalue weighted by Crippen LogP contribution is 2.48. The Bertz CT molecular complexity index is 2200. The topological polar surface area (TPSA) is 161 Å². The highest BCUT2D eigenvalue weighted by molar-refractivity contribution is 7.53. The van der Waals surface area contributed by atoms with Crippen molar-refractivity contribution in [1.82, 2.24) is 5.32 Å². The maximum atomic E-state index is 13.8. The first-order valence-corrected chi connectivity index (χ1v) is 21.5. The van der Waals surface area contributed by atoms with E-state index in [2.05, 4.69) is 24.4 Å². The molecule has 60 heavy (non-hydrogen) atoms. The number of esters is 2. The zero-order valence-corrected chi connectivity index (χ0v) is 36.6. The Hall–Kier alpha value is -5.38. The Labute approximate surface area is 352 Å². The van der Waals surface area contributed by atoms with Gasteiger partial charge < -0.3 is 33.7 Å². The molecular formula is C46H55N2O11P. The molecule has 0 unspecified atom stereocenters. The molecule has 0 saturated heterocycles. The van der Waals surface area contributed by atoms with E-state index in [0.29, 0.717) is 43.4 Å². The highest BCUT2D eigenvalue weighted by atomic mass is 31.2. The fourth-order valence-corrected chi connectivity index (χ4v) is 7.12. The SMILES string of the molecule is Cc1cc(CNCCP(=O)(OCOC(=O)C(C)(C)C)OCOC(=O)C(C)(C)C)c(OCc2cccc(C#N)c2)cc1OCc1cccc(-c2ccc3c(c2)OCCO3)c1C. The number of carbonyl (C=O) groups is 2. The molecule has 4 aromatic rings. The average molecular weight is 843 g/mol. The molecule has 1 heterocycles. The molecule has 5 rings (SSSR count). The lowest BCUT2D eigenvalue weighted by Gasteiger charge is -2.22. The van der Waals surface area contributed by atoms with Gasteiger partial charge in [0.2, 0.25) is 13.6 Å². The molecule has 0 saturated carbocycles. The summed E-state index contributed by atoms with van der Waals surface area (Å²) in [6.07, 6.45) is -0.130. The Kier molecular flexibility index (Phi) is 15.4. The van der Waals surface area contributed by atoms with Crippen LogP contribution in [0.3, 0.4) is 0 Å². The minimum absolute atomic E-state index is 0.130. The number of aryl methyl sites for hydroxylation is 1. The number of nitrogens with zero attached hydrogens (tertiary/aromatic N) is 1. The van der Waals surface area contributed by atoms with E-state index in [9.17, 15) is 19.4 Å². The highest BCUT2D eigenvalue weighted by Gasteiger charge is 2.30. The van der Waals surface area contributed by atoms with Crippen molar-refractivity contribution >= 4 is 19.5 Å². The third kappa shape index (κ3) is 12.8. The smallest absolute Gasteiger partial charge is 0.337 e. The van der Waals surface area contributed by atoms with Gasteiger partial charge in [-0.1, -0.05) is 36.4 Å². The first-order chi connectivity index (χ1) is 28.5. The number of rotatable bonds is 18. The standard InChI is InChI=1S/C46H55N2O11P/c1-31-21-37(26-48-17-20-60(51,58-29-56-43(49)45(3,4)5)59-30-57-44(50)46(6,7)8)41(54-27-34-12-9-11-33(22-34)25-47)24-40(31)55-28-36-13-10-14-38(32(36)2)35-15-16-39-42(23-35)53-19-18-52-39/h9-16,21-24,48H,17-20,26-30H2,1-8H3. The van der Waals surface area contributed by atoms with Crippen LogP contribution in [0.15, 0.2) is 72.8 Å². The fraction of sp³-hybridized carbons (Fsp3) is 0.413. The number of fused-ring (bicyclic) bond motifs is 1. The summed E-state index contributed by atoms with van der Waals surface area (Å²) in [6.45, 7) is 14.9. The van der Waals surface area contributed by atoms with E-state index in [0.717, 1.165) is 50.4 Å². The van der Waals surface area contributed by atoms with Crippen LogP contribution in [0.5, 0.6) is 23.0 Å². The monoisotopic (exact) mass is 842 g/mol. The van der Waals surface area contributed by atoms with E-state index in [1.807, 2.05) is 55.5 Å². The van der Waals surface area contributed by atoms with Gasteiger partial charge in [-0.3, -0.25) is 23.2 Å². The molecule has 0 aliphatic carbocycles. The molecule has 0 bridgehead atoms. The van der Waals surface area contributed by atoms with Crippen LogP contribution in [-0.2, 0) is 52.4 Å². The number of ether oxygens (including phenoxy) is 6. The molecule has 0 spiro atoms. The number of benzene rings is 4. The molecule has 0 aromatic heterocycles. The Morgan fingerprint density at radius 2 is 1.42 bits per heavy atom. The summed E-state index contributed by atoms with van der Waals surface area (Å²) in [5.74, 6) is 1.56. The quantitative estimate of drug-likeness (QED) is 0.0437. The number of hydrogen-bond acceptors (Lipinski definition) is 13. The van der Waals surface area contributed by atoms with Crippen molar-refractivity contribution in [3.8, 4) is 40.2 Å². The number of carbonyl (C=O) groups excluding carboxylic acids is 2. The second-order valence-corrected chi connectivity index (χ2v) is 18.6. The Morgan fingerprint density at radius 1 is 0.767 bits per heavy atom. The zero-order chi connectivity index (χ0) is 43.5. The van der Waals surface area contributed by atoms with E-state index < -0.39 is 44.0 Å². The maximum Gasteiger partial charge on any atom is 0.337 e. The van der Waals surface area contributed by atoms with E-state index in [1.54, 1.807) is 59.7 Å². The van der Waals surface area contributed by atoms with Gasteiger partial charge in [0.05, 0.1) is 28.6 Å². The van der Waals surface area contributed by atoms with Crippen molar-refractivity contribution in [2.45, 2.75) is 75.1 Å². The van der Waals surface area contributed by atoms with Crippen LogP contribution in [-0.4, -0.2) is 51.4 Å². The largest absolute Gasteiger partial charge is 0.488 e. The van der Waals surface area contributed by atoms with Crippen molar-refractivity contribution in [3.05, 3.63) is 106 Å². The van der Waals surface area contributed by atoms with Crippen molar-refractivity contribution in [1.29, 1.82) is 5.26 Å². The molecular weight excluding hydrogens is 787 g/mol.